The minimum absolute atomic E-state index is 0.251. The number of urea groups is 1. The number of nitriles is 1. The normalized spacial score (nSPS) is 16.0. The standard InChI is InChI=1S/C14H14ClN3O3/c15-10-4-3-9(8-16)11(7-10)17-13(21)18-14(12(19)20)5-1-2-6-14/h3-4,7H,1-2,5-6H2,(H,19,20)(H2,17,18,21). The van der Waals surface area contributed by atoms with Gasteiger partial charge in [0, 0.05) is 5.02 Å². The summed E-state index contributed by atoms with van der Waals surface area (Å²) in [4.78, 5) is 23.4. The first-order valence-electron chi connectivity index (χ1n) is 6.49. The van der Waals surface area contributed by atoms with Crippen LogP contribution in [0, 0.1) is 11.3 Å². The maximum Gasteiger partial charge on any atom is 0.329 e. The quantitative estimate of drug-likeness (QED) is 0.799. The molecule has 3 N–H and O–H groups in total. The molecular formula is C14H14ClN3O3. The van der Waals surface area contributed by atoms with E-state index >= 15 is 0 Å². The first-order valence-corrected chi connectivity index (χ1v) is 6.87. The second-order valence-corrected chi connectivity index (χ2v) is 5.41. The minimum atomic E-state index is -1.23. The molecule has 0 saturated heterocycles. The third-order valence-electron chi connectivity index (χ3n) is 3.57. The Morgan fingerprint density at radius 2 is 2.00 bits per heavy atom. The van der Waals surface area contributed by atoms with Gasteiger partial charge in [0.05, 0.1) is 11.3 Å². The van der Waals surface area contributed by atoms with Gasteiger partial charge in [-0.2, -0.15) is 5.26 Å². The van der Waals surface area contributed by atoms with Crippen LogP contribution in [-0.4, -0.2) is 22.6 Å². The summed E-state index contributed by atoms with van der Waals surface area (Å²) in [6.07, 6.45) is 2.31. The van der Waals surface area contributed by atoms with Crippen molar-refractivity contribution in [1.29, 1.82) is 5.26 Å². The summed E-state index contributed by atoms with van der Waals surface area (Å²) in [7, 11) is 0. The Hall–Kier alpha value is -2.26. The molecular weight excluding hydrogens is 294 g/mol. The van der Waals surface area contributed by atoms with Crippen molar-refractivity contribution in [3.8, 4) is 6.07 Å². The van der Waals surface area contributed by atoms with E-state index in [2.05, 4.69) is 10.6 Å². The molecule has 21 heavy (non-hydrogen) atoms. The number of carbonyl (C=O) groups is 2. The van der Waals surface area contributed by atoms with Crippen LogP contribution in [0.2, 0.25) is 5.02 Å². The summed E-state index contributed by atoms with van der Waals surface area (Å²) in [6, 6.07) is 5.76. The molecule has 1 aliphatic carbocycles. The smallest absolute Gasteiger partial charge is 0.329 e. The second-order valence-electron chi connectivity index (χ2n) is 4.98. The number of benzene rings is 1. The zero-order valence-electron chi connectivity index (χ0n) is 11.1. The molecule has 1 aliphatic rings. The molecule has 0 aromatic heterocycles. The fraction of sp³-hybridized carbons (Fsp3) is 0.357. The van der Waals surface area contributed by atoms with E-state index in [4.69, 9.17) is 16.9 Å². The molecule has 2 rings (SSSR count). The molecule has 2 amide bonds. The van der Waals surface area contributed by atoms with E-state index in [0.29, 0.717) is 17.9 Å². The molecule has 0 aliphatic heterocycles. The van der Waals surface area contributed by atoms with Crippen LogP contribution in [0.15, 0.2) is 18.2 Å². The molecule has 0 unspecified atom stereocenters. The van der Waals surface area contributed by atoms with Crippen molar-refractivity contribution in [2.75, 3.05) is 5.32 Å². The van der Waals surface area contributed by atoms with E-state index in [1.165, 1.54) is 12.1 Å². The average Bonchev–Trinajstić information content (AvgIpc) is 2.88. The highest BCUT2D eigenvalue weighted by Gasteiger charge is 2.42. The fourth-order valence-corrected chi connectivity index (χ4v) is 2.63. The Morgan fingerprint density at radius 3 is 2.57 bits per heavy atom. The van der Waals surface area contributed by atoms with Crippen LogP contribution in [0.1, 0.15) is 31.2 Å². The van der Waals surface area contributed by atoms with Gasteiger partial charge < -0.3 is 15.7 Å². The Labute approximate surface area is 126 Å². The molecule has 1 saturated carbocycles. The number of hydrogen-bond donors (Lipinski definition) is 3. The third-order valence-corrected chi connectivity index (χ3v) is 3.80. The molecule has 0 radical (unpaired) electrons. The van der Waals surface area contributed by atoms with Gasteiger partial charge in [0.1, 0.15) is 11.6 Å². The number of amides is 2. The van der Waals surface area contributed by atoms with Crippen LogP contribution >= 0.6 is 11.6 Å². The van der Waals surface area contributed by atoms with Crippen molar-refractivity contribution in [2.24, 2.45) is 0 Å². The van der Waals surface area contributed by atoms with E-state index in [9.17, 15) is 14.7 Å². The Balaban J connectivity index is 2.14. The highest BCUT2D eigenvalue weighted by molar-refractivity contribution is 6.31. The lowest BCUT2D eigenvalue weighted by Crippen LogP contribution is -2.53. The Bertz CT molecular complexity index is 618. The Morgan fingerprint density at radius 1 is 1.33 bits per heavy atom. The van der Waals surface area contributed by atoms with Crippen LogP contribution in [0.4, 0.5) is 10.5 Å². The van der Waals surface area contributed by atoms with Crippen LogP contribution in [0.5, 0.6) is 0 Å². The van der Waals surface area contributed by atoms with Gasteiger partial charge in [-0.25, -0.2) is 9.59 Å². The average molecular weight is 308 g/mol. The number of carboxylic acids is 1. The topological polar surface area (TPSA) is 102 Å². The zero-order chi connectivity index (χ0) is 15.5. The number of nitrogens with zero attached hydrogens (tertiary/aromatic N) is 1. The van der Waals surface area contributed by atoms with E-state index in [1.807, 2.05) is 6.07 Å². The summed E-state index contributed by atoms with van der Waals surface area (Å²) < 4.78 is 0. The van der Waals surface area contributed by atoms with Crippen molar-refractivity contribution < 1.29 is 14.7 Å². The van der Waals surface area contributed by atoms with Crippen LogP contribution < -0.4 is 10.6 Å². The van der Waals surface area contributed by atoms with Gasteiger partial charge in [-0.15, -0.1) is 0 Å². The molecule has 0 bridgehead atoms. The highest BCUT2D eigenvalue weighted by Crippen LogP contribution is 2.30. The number of rotatable bonds is 3. The van der Waals surface area contributed by atoms with E-state index in [-0.39, 0.29) is 11.3 Å². The van der Waals surface area contributed by atoms with Gasteiger partial charge >= 0.3 is 12.0 Å². The summed E-state index contributed by atoms with van der Waals surface area (Å²) >= 11 is 5.83. The lowest BCUT2D eigenvalue weighted by atomic mass is 9.98. The van der Waals surface area contributed by atoms with Crippen molar-refractivity contribution in [3.05, 3.63) is 28.8 Å². The number of anilines is 1. The summed E-state index contributed by atoms with van der Waals surface area (Å²) in [5.41, 5.74) is -0.721. The van der Waals surface area contributed by atoms with Gasteiger partial charge in [-0.1, -0.05) is 24.4 Å². The predicted molar refractivity (Wildman–Crippen MR) is 77.2 cm³/mol. The van der Waals surface area contributed by atoms with Crippen molar-refractivity contribution >= 4 is 29.3 Å². The molecule has 1 aromatic carbocycles. The van der Waals surface area contributed by atoms with Crippen LogP contribution in [-0.2, 0) is 4.79 Å². The van der Waals surface area contributed by atoms with Crippen molar-refractivity contribution in [2.45, 2.75) is 31.2 Å². The minimum Gasteiger partial charge on any atom is -0.480 e. The second kappa shape index (κ2) is 6.02. The molecule has 0 heterocycles. The number of carbonyl (C=O) groups excluding carboxylic acids is 1. The summed E-state index contributed by atoms with van der Waals surface area (Å²) in [6.45, 7) is 0. The van der Waals surface area contributed by atoms with E-state index in [0.717, 1.165) is 12.8 Å². The lowest BCUT2D eigenvalue weighted by molar-refractivity contribution is -0.144. The van der Waals surface area contributed by atoms with Gasteiger partial charge in [0.15, 0.2) is 0 Å². The maximum absolute atomic E-state index is 12.0. The van der Waals surface area contributed by atoms with E-state index < -0.39 is 17.5 Å². The van der Waals surface area contributed by atoms with Crippen LogP contribution in [0.25, 0.3) is 0 Å². The lowest BCUT2D eigenvalue weighted by Gasteiger charge is -2.25. The predicted octanol–water partition coefficient (Wildman–Crippen LogP) is 2.73. The molecule has 110 valence electrons. The molecule has 0 spiro atoms. The highest BCUT2D eigenvalue weighted by atomic mass is 35.5. The number of hydrogen-bond acceptors (Lipinski definition) is 3. The zero-order valence-corrected chi connectivity index (χ0v) is 11.9. The van der Waals surface area contributed by atoms with Crippen molar-refractivity contribution in [1.82, 2.24) is 5.32 Å². The summed E-state index contributed by atoms with van der Waals surface area (Å²) in [5.74, 6) is -1.04. The fourth-order valence-electron chi connectivity index (χ4n) is 2.46. The number of carboxylic acid groups (broad SMARTS) is 1. The number of aliphatic carboxylic acids is 1. The van der Waals surface area contributed by atoms with Gasteiger partial charge in [-0.05, 0) is 31.0 Å². The monoisotopic (exact) mass is 307 g/mol. The first kappa shape index (κ1) is 15.1. The van der Waals surface area contributed by atoms with Gasteiger partial charge in [-0.3, -0.25) is 0 Å². The number of halogens is 1. The molecule has 7 heteroatoms. The van der Waals surface area contributed by atoms with Crippen LogP contribution in [0.3, 0.4) is 0 Å². The molecule has 1 aromatic rings. The third kappa shape index (κ3) is 3.26. The molecule has 1 fully saturated rings. The van der Waals surface area contributed by atoms with Gasteiger partial charge in [0.25, 0.3) is 0 Å². The van der Waals surface area contributed by atoms with Gasteiger partial charge in [0.2, 0.25) is 0 Å². The number of nitrogens with one attached hydrogen (secondary N) is 2. The summed E-state index contributed by atoms with van der Waals surface area (Å²) in [5, 5.41) is 23.7. The first-order chi connectivity index (χ1) is 9.97. The van der Waals surface area contributed by atoms with E-state index in [1.54, 1.807) is 6.07 Å². The largest absolute Gasteiger partial charge is 0.480 e. The SMILES string of the molecule is N#Cc1ccc(Cl)cc1NC(=O)NC1(C(=O)O)CCCC1. The maximum atomic E-state index is 12.0. The molecule has 0 atom stereocenters. The van der Waals surface area contributed by atoms with Crippen molar-refractivity contribution in [3.63, 3.8) is 0 Å². The molecule has 6 nitrogen and oxygen atoms in total. The Kier molecular flexibility index (Phi) is 4.34.